The average Bonchev–Trinajstić information content (AvgIpc) is 2.48. The van der Waals surface area contributed by atoms with E-state index in [0.29, 0.717) is 24.9 Å². The van der Waals surface area contributed by atoms with Crippen LogP contribution in [0.25, 0.3) is 0 Å². The van der Waals surface area contributed by atoms with Gasteiger partial charge in [0.1, 0.15) is 0 Å². The Kier molecular flexibility index (Phi) is 5.47. The molecule has 1 heterocycles. The van der Waals surface area contributed by atoms with Crippen molar-refractivity contribution in [2.75, 3.05) is 24.7 Å². The molecule has 5 heteroatoms. The smallest absolute Gasteiger partial charge is 0.212 e. The normalized spacial score (nSPS) is 22.6. The number of hydrogen-bond acceptors (Lipinski definition) is 2. The molecule has 0 radical (unpaired) electrons. The zero-order chi connectivity index (χ0) is 14.6. The summed E-state index contributed by atoms with van der Waals surface area (Å²) < 4.78 is 26.7. The summed E-state index contributed by atoms with van der Waals surface area (Å²) in [6, 6.07) is 9.81. The first-order valence-corrected chi connectivity index (χ1v) is 9.26. The molecule has 20 heavy (non-hydrogen) atoms. The minimum absolute atomic E-state index is 0.0116. The lowest BCUT2D eigenvalue weighted by molar-refractivity contribution is 0.283. The van der Waals surface area contributed by atoms with Crippen molar-refractivity contribution in [2.24, 2.45) is 5.92 Å². The molecule has 0 N–H and O–H groups in total. The Labute approximate surface area is 127 Å². The van der Waals surface area contributed by atoms with E-state index in [-0.39, 0.29) is 11.7 Å². The Hall–Kier alpha value is -0.580. The van der Waals surface area contributed by atoms with E-state index in [4.69, 9.17) is 11.6 Å². The predicted molar refractivity (Wildman–Crippen MR) is 83.7 cm³/mol. The van der Waals surface area contributed by atoms with Gasteiger partial charge in [-0.15, -0.1) is 11.6 Å². The lowest BCUT2D eigenvalue weighted by Gasteiger charge is -2.31. The summed E-state index contributed by atoms with van der Waals surface area (Å²) in [5.74, 6) is 1.02. The van der Waals surface area contributed by atoms with Crippen molar-refractivity contribution < 1.29 is 8.42 Å². The van der Waals surface area contributed by atoms with Crippen molar-refractivity contribution in [2.45, 2.75) is 25.7 Å². The molecule has 0 saturated carbocycles. The molecule has 1 fully saturated rings. The van der Waals surface area contributed by atoms with E-state index in [2.05, 4.69) is 0 Å². The van der Waals surface area contributed by atoms with Gasteiger partial charge in [-0.1, -0.05) is 37.3 Å². The van der Waals surface area contributed by atoms with Gasteiger partial charge in [-0.3, -0.25) is 0 Å². The van der Waals surface area contributed by atoms with Crippen molar-refractivity contribution in [3.05, 3.63) is 35.9 Å². The molecule has 2 atom stereocenters. The maximum atomic E-state index is 12.5. The number of halogens is 1. The number of nitrogens with zero attached hydrogens (tertiary/aromatic N) is 1. The van der Waals surface area contributed by atoms with E-state index in [9.17, 15) is 8.42 Å². The summed E-state index contributed by atoms with van der Waals surface area (Å²) in [5.41, 5.74) is 1.07. The van der Waals surface area contributed by atoms with Gasteiger partial charge in [0.15, 0.2) is 0 Å². The van der Waals surface area contributed by atoms with Gasteiger partial charge >= 0.3 is 0 Å². The molecule has 2 rings (SSSR count). The topological polar surface area (TPSA) is 37.4 Å². The van der Waals surface area contributed by atoms with E-state index >= 15 is 0 Å². The molecule has 2 unspecified atom stereocenters. The van der Waals surface area contributed by atoms with Crippen molar-refractivity contribution in [1.82, 2.24) is 4.31 Å². The van der Waals surface area contributed by atoms with Crippen LogP contribution in [0.4, 0.5) is 0 Å². The van der Waals surface area contributed by atoms with Crippen molar-refractivity contribution in [1.29, 1.82) is 0 Å². The van der Waals surface area contributed by atoms with Crippen LogP contribution in [0, 0.1) is 5.92 Å². The van der Waals surface area contributed by atoms with Crippen LogP contribution in [-0.4, -0.2) is 37.4 Å². The standard InChI is InChI=1S/C15H22ClNO2S/c1-13(15-7-3-2-4-8-15)12-20(18,19)17-9-5-6-14(10-16)11-17/h2-4,7-8,13-14H,5-6,9-12H2,1H3. The van der Waals surface area contributed by atoms with Crippen LogP contribution >= 0.6 is 11.6 Å². The van der Waals surface area contributed by atoms with Crippen molar-refractivity contribution in [3.8, 4) is 0 Å². The highest BCUT2D eigenvalue weighted by Crippen LogP contribution is 2.24. The first kappa shape index (κ1) is 15.8. The highest BCUT2D eigenvalue weighted by Gasteiger charge is 2.29. The fourth-order valence-corrected chi connectivity index (χ4v) is 4.84. The summed E-state index contributed by atoms with van der Waals surface area (Å²) in [6.07, 6.45) is 1.94. The van der Waals surface area contributed by atoms with Crippen molar-refractivity contribution in [3.63, 3.8) is 0 Å². The van der Waals surface area contributed by atoms with Gasteiger partial charge in [0.25, 0.3) is 0 Å². The Bertz CT molecular complexity index is 518. The molecule has 3 nitrogen and oxygen atoms in total. The summed E-state index contributed by atoms with van der Waals surface area (Å²) in [6.45, 7) is 3.18. The summed E-state index contributed by atoms with van der Waals surface area (Å²) in [4.78, 5) is 0. The van der Waals surface area contributed by atoms with Crippen molar-refractivity contribution >= 4 is 21.6 Å². The summed E-state index contributed by atoms with van der Waals surface area (Å²) >= 11 is 5.88. The Morgan fingerprint density at radius 2 is 2.05 bits per heavy atom. The largest absolute Gasteiger partial charge is 0.214 e. The second-order valence-electron chi connectivity index (χ2n) is 5.61. The number of benzene rings is 1. The van der Waals surface area contributed by atoms with Gasteiger partial charge in [0.2, 0.25) is 10.0 Å². The van der Waals surface area contributed by atoms with E-state index in [1.807, 2.05) is 37.3 Å². The molecule has 1 aliphatic heterocycles. The average molecular weight is 316 g/mol. The van der Waals surface area contributed by atoms with Crippen LogP contribution in [0.1, 0.15) is 31.2 Å². The van der Waals surface area contributed by atoms with E-state index in [0.717, 1.165) is 18.4 Å². The Morgan fingerprint density at radius 1 is 1.35 bits per heavy atom. The third kappa shape index (κ3) is 3.96. The molecule has 0 bridgehead atoms. The fourth-order valence-electron chi connectivity index (χ4n) is 2.70. The van der Waals surface area contributed by atoms with Gasteiger partial charge in [0, 0.05) is 19.0 Å². The first-order valence-electron chi connectivity index (χ1n) is 7.11. The molecule has 1 aromatic rings. The number of alkyl halides is 1. The maximum absolute atomic E-state index is 12.5. The molecule has 112 valence electrons. The predicted octanol–water partition coefficient (Wildman–Crippen LogP) is 3.07. The molecule has 1 saturated heterocycles. The molecule has 1 aromatic carbocycles. The molecule has 0 aliphatic carbocycles. The van der Waals surface area contributed by atoms with Crippen LogP contribution in [0.15, 0.2) is 30.3 Å². The Balaban J connectivity index is 2.03. The highest BCUT2D eigenvalue weighted by molar-refractivity contribution is 7.89. The number of hydrogen-bond donors (Lipinski definition) is 0. The summed E-state index contributed by atoms with van der Waals surface area (Å²) in [5, 5.41) is 0. The lowest BCUT2D eigenvalue weighted by Crippen LogP contribution is -2.42. The molecular weight excluding hydrogens is 294 g/mol. The zero-order valence-corrected chi connectivity index (χ0v) is 13.4. The third-order valence-corrected chi connectivity index (χ3v) is 6.40. The number of rotatable bonds is 5. The molecule has 0 spiro atoms. The van der Waals surface area contributed by atoms with Crippen LogP contribution < -0.4 is 0 Å². The van der Waals surface area contributed by atoms with Gasteiger partial charge in [-0.2, -0.15) is 0 Å². The van der Waals surface area contributed by atoms with Crippen LogP contribution in [0.5, 0.6) is 0 Å². The van der Waals surface area contributed by atoms with E-state index in [1.165, 1.54) is 0 Å². The molecule has 0 amide bonds. The second kappa shape index (κ2) is 6.92. The van der Waals surface area contributed by atoms with Crippen LogP contribution in [0.3, 0.4) is 0 Å². The van der Waals surface area contributed by atoms with E-state index < -0.39 is 10.0 Å². The first-order chi connectivity index (χ1) is 9.53. The highest BCUT2D eigenvalue weighted by atomic mass is 35.5. The van der Waals surface area contributed by atoms with Gasteiger partial charge < -0.3 is 0 Å². The summed E-state index contributed by atoms with van der Waals surface area (Å²) in [7, 11) is -3.20. The zero-order valence-electron chi connectivity index (χ0n) is 11.8. The van der Waals surface area contributed by atoms with Gasteiger partial charge in [-0.05, 0) is 30.2 Å². The third-order valence-electron chi connectivity index (χ3n) is 3.92. The minimum atomic E-state index is -3.20. The lowest BCUT2D eigenvalue weighted by atomic mass is 10.0. The fraction of sp³-hybridized carbons (Fsp3) is 0.600. The molecule has 0 aromatic heterocycles. The number of piperidine rings is 1. The second-order valence-corrected chi connectivity index (χ2v) is 7.93. The molecular formula is C15H22ClNO2S. The van der Waals surface area contributed by atoms with Crippen LogP contribution in [-0.2, 0) is 10.0 Å². The van der Waals surface area contributed by atoms with Gasteiger partial charge in [0.05, 0.1) is 5.75 Å². The maximum Gasteiger partial charge on any atom is 0.214 e. The quantitative estimate of drug-likeness (QED) is 0.783. The van der Waals surface area contributed by atoms with E-state index in [1.54, 1.807) is 4.31 Å². The monoisotopic (exact) mass is 315 g/mol. The minimum Gasteiger partial charge on any atom is -0.212 e. The van der Waals surface area contributed by atoms with Crippen LogP contribution in [0.2, 0.25) is 0 Å². The Morgan fingerprint density at radius 3 is 2.70 bits per heavy atom. The number of sulfonamides is 1. The SMILES string of the molecule is CC(CS(=O)(=O)N1CCCC(CCl)C1)c1ccccc1. The molecule has 1 aliphatic rings. The van der Waals surface area contributed by atoms with Gasteiger partial charge in [-0.25, -0.2) is 12.7 Å².